The number of rotatable bonds is 6. The van der Waals surface area contributed by atoms with Gasteiger partial charge in [0.1, 0.15) is 5.75 Å². The Morgan fingerprint density at radius 1 is 0.903 bits per heavy atom. The molecule has 0 radical (unpaired) electrons. The number of aryl methyl sites for hydroxylation is 2. The Bertz CT molecular complexity index is 1230. The summed E-state index contributed by atoms with van der Waals surface area (Å²) in [5, 5.41) is 6.42. The van der Waals surface area contributed by atoms with E-state index in [1.807, 2.05) is 61.5 Å². The zero-order valence-electron chi connectivity index (χ0n) is 17.9. The van der Waals surface area contributed by atoms with Gasteiger partial charge in [-0.1, -0.05) is 42.5 Å². The van der Waals surface area contributed by atoms with E-state index in [1.165, 1.54) is 11.4 Å². The van der Waals surface area contributed by atoms with Crippen LogP contribution in [0.4, 0.5) is 0 Å². The highest BCUT2D eigenvalue weighted by Gasteiger charge is 2.06. The summed E-state index contributed by atoms with van der Waals surface area (Å²) < 4.78 is 7.81. The van der Waals surface area contributed by atoms with Gasteiger partial charge in [0.25, 0.3) is 5.91 Å². The van der Waals surface area contributed by atoms with Gasteiger partial charge in [0.15, 0.2) is 6.61 Å². The normalized spacial score (nSPS) is 11.5. The first-order valence-electron chi connectivity index (χ1n) is 10.2. The minimum Gasteiger partial charge on any atom is -0.484 e. The molecule has 0 fully saturated rings. The molecule has 0 bridgehead atoms. The van der Waals surface area contributed by atoms with Crippen molar-refractivity contribution in [2.75, 3.05) is 6.61 Å². The number of fused-ring (bicyclic) bond motifs is 1. The molecule has 5 nitrogen and oxygen atoms in total. The fourth-order valence-electron chi connectivity index (χ4n) is 3.58. The number of aromatic nitrogens is 1. The minimum absolute atomic E-state index is 0.0970. The van der Waals surface area contributed by atoms with Gasteiger partial charge in [-0.3, -0.25) is 4.79 Å². The largest absolute Gasteiger partial charge is 0.484 e. The topological polar surface area (TPSA) is 55.6 Å². The van der Waals surface area contributed by atoms with Gasteiger partial charge in [-0.05, 0) is 73.5 Å². The van der Waals surface area contributed by atoms with E-state index >= 15 is 0 Å². The third-order valence-corrected chi connectivity index (χ3v) is 5.25. The molecule has 31 heavy (non-hydrogen) atoms. The molecular formula is C26H25N3O2. The van der Waals surface area contributed by atoms with Crippen molar-refractivity contribution in [3.8, 4) is 11.4 Å². The van der Waals surface area contributed by atoms with Crippen molar-refractivity contribution in [3.63, 3.8) is 0 Å². The van der Waals surface area contributed by atoms with Crippen LogP contribution in [0.25, 0.3) is 16.5 Å². The van der Waals surface area contributed by atoms with Gasteiger partial charge < -0.3 is 9.30 Å². The lowest BCUT2D eigenvalue weighted by molar-refractivity contribution is -0.123. The highest BCUT2D eigenvalue weighted by Crippen LogP contribution is 2.20. The number of hydrazone groups is 1. The van der Waals surface area contributed by atoms with Crippen LogP contribution in [0.5, 0.6) is 5.75 Å². The summed E-state index contributed by atoms with van der Waals surface area (Å²) in [4.78, 5) is 12.2. The van der Waals surface area contributed by atoms with E-state index in [4.69, 9.17) is 4.74 Å². The van der Waals surface area contributed by atoms with Gasteiger partial charge in [-0.25, -0.2) is 5.43 Å². The molecule has 0 unspecified atom stereocenters. The van der Waals surface area contributed by atoms with E-state index in [0.29, 0.717) is 5.75 Å². The van der Waals surface area contributed by atoms with E-state index in [1.54, 1.807) is 0 Å². The smallest absolute Gasteiger partial charge is 0.277 e. The van der Waals surface area contributed by atoms with E-state index in [0.717, 1.165) is 27.7 Å². The van der Waals surface area contributed by atoms with E-state index < -0.39 is 0 Å². The van der Waals surface area contributed by atoms with Crippen molar-refractivity contribution in [1.82, 2.24) is 9.99 Å². The Balaban J connectivity index is 1.35. The van der Waals surface area contributed by atoms with Gasteiger partial charge in [-0.2, -0.15) is 5.10 Å². The van der Waals surface area contributed by atoms with Crippen LogP contribution in [0.2, 0.25) is 0 Å². The molecule has 0 spiro atoms. The zero-order valence-corrected chi connectivity index (χ0v) is 17.9. The van der Waals surface area contributed by atoms with Crippen LogP contribution in [0, 0.1) is 13.8 Å². The highest BCUT2D eigenvalue weighted by atomic mass is 16.5. The van der Waals surface area contributed by atoms with E-state index in [9.17, 15) is 4.79 Å². The van der Waals surface area contributed by atoms with E-state index in [2.05, 4.69) is 53.2 Å². The molecule has 1 N–H and O–H groups in total. The summed E-state index contributed by atoms with van der Waals surface area (Å²) >= 11 is 0. The SMILES string of the molecule is C/C(=N\NC(=O)COc1ccc2ccccc2c1)c1ccc(-n2c(C)ccc2C)cc1. The third-order valence-electron chi connectivity index (χ3n) is 5.25. The number of amides is 1. The maximum absolute atomic E-state index is 12.2. The van der Waals surface area contributed by atoms with Gasteiger partial charge >= 0.3 is 0 Å². The van der Waals surface area contributed by atoms with Crippen LogP contribution in [0.1, 0.15) is 23.9 Å². The van der Waals surface area contributed by atoms with Crippen LogP contribution in [0.3, 0.4) is 0 Å². The lowest BCUT2D eigenvalue weighted by atomic mass is 10.1. The Morgan fingerprint density at radius 2 is 1.58 bits per heavy atom. The monoisotopic (exact) mass is 411 g/mol. The molecule has 0 saturated carbocycles. The quantitative estimate of drug-likeness (QED) is 0.352. The first kappa shape index (κ1) is 20.4. The van der Waals surface area contributed by atoms with Crippen LogP contribution >= 0.6 is 0 Å². The number of nitrogens with one attached hydrogen (secondary N) is 1. The lowest BCUT2D eigenvalue weighted by Crippen LogP contribution is -2.25. The molecule has 0 aliphatic carbocycles. The van der Waals surface area contributed by atoms with Crippen molar-refractivity contribution in [2.45, 2.75) is 20.8 Å². The molecule has 0 aliphatic heterocycles. The summed E-state index contributed by atoms with van der Waals surface area (Å²) in [6.07, 6.45) is 0. The Hall–Kier alpha value is -3.86. The summed E-state index contributed by atoms with van der Waals surface area (Å²) in [6, 6.07) is 26.1. The van der Waals surface area contributed by atoms with Crippen LogP contribution in [-0.2, 0) is 4.79 Å². The third kappa shape index (κ3) is 4.67. The maximum Gasteiger partial charge on any atom is 0.277 e. The van der Waals surface area contributed by atoms with Gasteiger partial charge in [0.2, 0.25) is 0 Å². The Kier molecular flexibility index (Phi) is 5.85. The maximum atomic E-state index is 12.2. The number of carbonyl (C=O) groups excluding carboxylic acids is 1. The fourth-order valence-corrected chi connectivity index (χ4v) is 3.58. The average molecular weight is 412 g/mol. The number of carbonyl (C=O) groups is 1. The molecular weight excluding hydrogens is 386 g/mol. The molecule has 0 aliphatic rings. The molecule has 3 aromatic carbocycles. The second-order valence-electron chi connectivity index (χ2n) is 7.53. The molecule has 0 saturated heterocycles. The van der Waals surface area contributed by atoms with Crippen molar-refractivity contribution in [2.24, 2.45) is 5.10 Å². The number of ether oxygens (including phenoxy) is 1. The molecule has 0 atom stereocenters. The second kappa shape index (κ2) is 8.88. The van der Waals surface area contributed by atoms with Crippen LogP contribution in [-0.4, -0.2) is 22.8 Å². The highest BCUT2D eigenvalue weighted by molar-refractivity contribution is 5.99. The minimum atomic E-state index is -0.303. The van der Waals surface area contributed by atoms with Crippen molar-refractivity contribution in [3.05, 3.63) is 95.8 Å². The Morgan fingerprint density at radius 3 is 2.29 bits per heavy atom. The predicted molar refractivity (Wildman–Crippen MR) is 125 cm³/mol. The number of nitrogens with zero attached hydrogens (tertiary/aromatic N) is 2. The molecule has 156 valence electrons. The second-order valence-corrected chi connectivity index (χ2v) is 7.53. The molecule has 1 aromatic heterocycles. The van der Waals surface area contributed by atoms with Gasteiger partial charge in [0, 0.05) is 17.1 Å². The fraction of sp³-hybridized carbons (Fsp3) is 0.154. The molecule has 4 rings (SSSR count). The Labute approximate surface area is 182 Å². The van der Waals surface area contributed by atoms with Crippen molar-refractivity contribution < 1.29 is 9.53 Å². The first-order valence-corrected chi connectivity index (χ1v) is 10.2. The molecule has 4 aromatic rings. The number of hydrogen-bond donors (Lipinski definition) is 1. The predicted octanol–water partition coefficient (Wildman–Crippen LogP) is 5.17. The molecule has 1 amide bonds. The first-order chi connectivity index (χ1) is 15.0. The molecule has 5 heteroatoms. The molecule has 1 heterocycles. The van der Waals surface area contributed by atoms with E-state index in [-0.39, 0.29) is 12.5 Å². The zero-order chi connectivity index (χ0) is 21.8. The standard InChI is InChI=1S/C26H25N3O2/c1-18-8-9-19(2)29(18)24-13-10-21(11-14-24)20(3)27-28-26(30)17-31-25-15-12-22-6-4-5-7-23(22)16-25/h4-16H,17H2,1-3H3,(H,28,30)/b27-20+. The van der Waals surface area contributed by atoms with Crippen molar-refractivity contribution >= 4 is 22.4 Å². The summed E-state index contributed by atoms with van der Waals surface area (Å²) in [7, 11) is 0. The lowest BCUT2D eigenvalue weighted by Gasteiger charge is -2.10. The number of hydrogen-bond acceptors (Lipinski definition) is 3. The van der Waals surface area contributed by atoms with Gasteiger partial charge in [-0.15, -0.1) is 0 Å². The number of benzene rings is 3. The van der Waals surface area contributed by atoms with Crippen molar-refractivity contribution in [1.29, 1.82) is 0 Å². The van der Waals surface area contributed by atoms with Gasteiger partial charge in [0.05, 0.1) is 5.71 Å². The average Bonchev–Trinajstić information content (AvgIpc) is 3.13. The summed E-state index contributed by atoms with van der Waals surface area (Å²) in [6.45, 7) is 5.94. The summed E-state index contributed by atoms with van der Waals surface area (Å²) in [5.74, 6) is 0.350. The van der Waals surface area contributed by atoms with Crippen LogP contribution in [0.15, 0.2) is 84.0 Å². The van der Waals surface area contributed by atoms with Crippen LogP contribution < -0.4 is 10.2 Å². The summed E-state index contributed by atoms with van der Waals surface area (Å²) in [5.41, 5.74) is 7.72.